The topological polar surface area (TPSA) is 49.3 Å². The fraction of sp³-hybridized carbons (Fsp3) is 0.700. The monoisotopic (exact) mass is 240 g/mol. The van der Waals surface area contributed by atoms with Crippen LogP contribution >= 0.6 is 11.3 Å². The summed E-state index contributed by atoms with van der Waals surface area (Å²) in [5, 5.41) is 9.93. The van der Waals surface area contributed by atoms with Crippen molar-refractivity contribution in [3.05, 3.63) is 5.01 Å². The van der Waals surface area contributed by atoms with Crippen LogP contribution in [0.3, 0.4) is 0 Å². The first kappa shape index (κ1) is 11.3. The largest absolute Gasteiger partial charge is 0.347 e. The van der Waals surface area contributed by atoms with Crippen molar-refractivity contribution in [1.29, 1.82) is 0 Å². The van der Waals surface area contributed by atoms with Crippen LogP contribution in [-0.4, -0.2) is 47.7 Å². The van der Waals surface area contributed by atoms with Crippen LogP contribution in [0.15, 0.2) is 0 Å². The molecule has 1 aliphatic rings. The molecule has 1 aliphatic heterocycles. The van der Waals surface area contributed by atoms with Crippen LogP contribution in [0.5, 0.6) is 0 Å². The SMILES string of the molecule is Cc1nnc(N2CCCC2C(=O)N(C)C)s1. The maximum Gasteiger partial charge on any atom is 0.244 e. The Labute approximate surface area is 99.1 Å². The van der Waals surface area contributed by atoms with E-state index in [1.54, 1.807) is 30.3 Å². The molecule has 1 aromatic heterocycles. The fourth-order valence-corrected chi connectivity index (χ4v) is 2.72. The van der Waals surface area contributed by atoms with Crippen molar-refractivity contribution in [1.82, 2.24) is 15.1 Å². The number of hydrogen-bond acceptors (Lipinski definition) is 5. The predicted octanol–water partition coefficient (Wildman–Crippen LogP) is 0.904. The molecule has 0 aliphatic carbocycles. The highest BCUT2D eigenvalue weighted by molar-refractivity contribution is 7.15. The lowest BCUT2D eigenvalue weighted by Crippen LogP contribution is -2.42. The Hall–Kier alpha value is -1.17. The normalized spacial score (nSPS) is 20.2. The van der Waals surface area contributed by atoms with E-state index >= 15 is 0 Å². The van der Waals surface area contributed by atoms with E-state index in [0.29, 0.717) is 0 Å². The third-order valence-corrected chi connectivity index (χ3v) is 3.62. The second-order valence-electron chi connectivity index (χ2n) is 4.19. The van der Waals surface area contributed by atoms with Crippen LogP contribution in [0.2, 0.25) is 0 Å². The summed E-state index contributed by atoms with van der Waals surface area (Å²) in [6.07, 6.45) is 1.96. The van der Waals surface area contributed by atoms with Gasteiger partial charge in [-0.3, -0.25) is 4.79 Å². The van der Waals surface area contributed by atoms with Crippen LogP contribution in [0, 0.1) is 6.92 Å². The molecule has 0 saturated carbocycles. The number of aromatic nitrogens is 2. The molecule has 1 aromatic rings. The average Bonchev–Trinajstić information content (AvgIpc) is 2.83. The standard InChI is InChI=1S/C10H16N4OS/c1-7-11-12-10(16-7)14-6-4-5-8(14)9(15)13(2)3/h8H,4-6H2,1-3H3. The highest BCUT2D eigenvalue weighted by Gasteiger charge is 2.33. The van der Waals surface area contributed by atoms with Crippen molar-refractivity contribution >= 4 is 22.4 Å². The number of hydrogen-bond donors (Lipinski definition) is 0. The second kappa shape index (κ2) is 4.37. The molecule has 0 N–H and O–H groups in total. The number of nitrogens with zero attached hydrogens (tertiary/aromatic N) is 4. The third kappa shape index (κ3) is 2.02. The molecule has 1 atom stereocenters. The van der Waals surface area contributed by atoms with E-state index in [1.165, 1.54) is 0 Å². The third-order valence-electron chi connectivity index (χ3n) is 2.74. The molecule has 5 nitrogen and oxygen atoms in total. The Balaban J connectivity index is 2.18. The van der Waals surface area contributed by atoms with Gasteiger partial charge in [0.25, 0.3) is 0 Å². The Morgan fingerprint density at radius 3 is 2.81 bits per heavy atom. The minimum Gasteiger partial charge on any atom is -0.347 e. The first-order valence-electron chi connectivity index (χ1n) is 5.37. The molecule has 1 saturated heterocycles. The number of likely N-dealkylation sites (N-methyl/N-ethyl adjacent to an activating group) is 1. The van der Waals surface area contributed by atoms with Crippen molar-refractivity contribution in [2.24, 2.45) is 0 Å². The molecule has 16 heavy (non-hydrogen) atoms. The number of amides is 1. The summed E-state index contributed by atoms with van der Waals surface area (Å²) in [5.74, 6) is 0.158. The molecule has 1 amide bonds. The number of anilines is 1. The molecular weight excluding hydrogens is 224 g/mol. The van der Waals surface area contributed by atoms with Gasteiger partial charge in [0.05, 0.1) is 0 Å². The number of rotatable bonds is 2. The van der Waals surface area contributed by atoms with Gasteiger partial charge in [0.2, 0.25) is 11.0 Å². The highest BCUT2D eigenvalue weighted by Crippen LogP contribution is 2.28. The summed E-state index contributed by atoms with van der Waals surface area (Å²) in [4.78, 5) is 15.7. The predicted molar refractivity (Wildman–Crippen MR) is 63.7 cm³/mol. The smallest absolute Gasteiger partial charge is 0.244 e. The minimum absolute atomic E-state index is 0.0534. The molecule has 0 radical (unpaired) electrons. The lowest BCUT2D eigenvalue weighted by molar-refractivity contribution is -0.129. The molecule has 0 aromatic carbocycles. The number of carbonyl (C=O) groups excluding carboxylic acids is 1. The van der Waals surface area contributed by atoms with Gasteiger partial charge in [-0.05, 0) is 19.8 Å². The molecule has 1 unspecified atom stereocenters. The second-order valence-corrected chi connectivity index (χ2v) is 5.35. The Bertz CT molecular complexity index is 390. The van der Waals surface area contributed by atoms with Crippen LogP contribution in [0.25, 0.3) is 0 Å². The maximum atomic E-state index is 12.0. The van der Waals surface area contributed by atoms with Crippen molar-refractivity contribution in [2.75, 3.05) is 25.5 Å². The fourth-order valence-electron chi connectivity index (χ4n) is 1.95. The molecule has 0 spiro atoms. The summed E-state index contributed by atoms with van der Waals surface area (Å²) in [6.45, 7) is 2.83. The van der Waals surface area contributed by atoms with Gasteiger partial charge in [-0.25, -0.2) is 0 Å². The lowest BCUT2D eigenvalue weighted by atomic mass is 10.2. The van der Waals surface area contributed by atoms with Gasteiger partial charge in [-0.2, -0.15) is 0 Å². The molecule has 2 heterocycles. The maximum absolute atomic E-state index is 12.0. The molecule has 0 bridgehead atoms. The van der Waals surface area contributed by atoms with Crippen molar-refractivity contribution in [2.45, 2.75) is 25.8 Å². The van der Waals surface area contributed by atoms with E-state index in [4.69, 9.17) is 0 Å². The van der Waals surface area contributed by atoms with Crippen molar-refractivity contribution in [3.63, 3.8) is 0 Å². The van der Waals surface area contributed by atoms with Gasteiger partial charge in [0.1, 0.15) is 11.0 Å². The van der Waals surface area contributed by atoms with Crippen LogP contribution < -0.4 is 4.90 Å². The van der Waals surface area contributed by atoms with Gasteiger partial charge in [0, 0.05) is 20.6 Å². The summed E-state index contributed by atoms with van der Waals surface area (Å²) in [7, 11) is 3.59. The molecule has 88 valence electrons. The highest BCUT2D eigenvalue weighted by atomic mass is 32.1. The van der Waals surface area contributed by atoms with E-state index in [-0.39, 0.29) is 11.9 Å². The zero-order chi connectivity index (χ0) is 11.7. The number of carbonyl (C=O) groups is 1. The van der Waals surface area contributed by atoms with Gasteiger partial charge >= 0.3 is 0 Å². The van der Waals surface area contributed by atoms with Crippen LogP contribution in [-0.2, 0) is 4.79 Å². The van der Waals surface area contributed by atoms with Gasteiger partial charge in [0.15, 0.2) is 0 Å². The van der Waals surface area contributed by atoms with E-state index < -0.39 is 0 Å². The van der Waals surface area contributed by atoms with Crippen molar-refractivity contribution < 1.29 is 4.79 Å². The van der Waals surface area contributed by atoms with Gasteiger partial charge < -0.3 is 9.80 Å². The molecule has 6 heteroatoms. The summed E-state index contributed by atoms with van der Waals surface area (Å²) < 4.78 is 0. The zero-order valence-electron chi connectivity index (χ0n) is 9.80. The summed E-state index contributed by atoms with van der Waals surface area (Å²) in [6, 6.07) is -0.0534. The van der Waals surface area contributed by atoms with E-state index in [1.807, 2.05) is 6.92 Å². The zero-order valence-corrected chi connectivity index (χ0v) is 10.6. The van der Waals surface area contributed by atoms with Crippen LogP contribution in [0.4, 0.5) is 5.13 Å². The summed E-state index contributed by atoms with van der Waals surface area (Å²) >= 11 is 1.55. The minimum atomic E-state index is -0.0534. The quantitative estimate of drug-likeness (QED) is 0.771. The van der Waals surface area contributed by atoms with Gasteiger partial charge in [-0.15, -0.1) is 10.2 Å². The Kier molecular flexibility index (Phi) is 3.09. The van der Waals surface area contributed by atoms with Crippen molar-refractivity contribution in [3.8, 4) is 0 Å². The van der Waals surface area contributed by atoms with E-state index in [0.717, 1.165) is 29.5 Å². The average molecular weight is 240 g/mol. The van der Waals surface area contributed by atoms with E-state index in [9.17, 15) is 4.79 Å². The number of aryl methyl sites for hydroxylation is 1. The summed E-state index contributed by atoms with van der Waals surface area (Å²) in [5.41, 5.74) is 0. The first-order valence-corrected chi connectivity index (χ1v) is 6.19. The first-order chi connectivity index (χ1) is 7.59. The Morgan fingerprint density at radius 1 is 1.50 bits per heavy atom. The Morgan fingerprint density at radius 2 is 2.25 bits per heavy atom. The van der Waals surface area contributed by atoms with Gasteiger partial charge in [-0.1, -0.05) is 11.3 Å². The molecular formula is C10H16N4OS. The van der Waals surface area contributed by atoms with Crippen LogP contribution in [0.1, 0.15) is 17.8 Å². The van der Waals surface area contributed by atoms with E-state index in [2.05, 4.69) is 15.1 Å². The molecule has 2 rings (SSSR count). The lowest BCUT2D eigenvalue weighted by Gasteiger charge is -2.25. The molecule has 1 fully saturated rings.